The van der Waals surface area contributed by atoms with E-state index in [2.05, 4.69) is 19.5 Å². The van der Waals surface area contributed by atoms with E-state index >= 15 is 0 Å². The first-order valence-corrected chi connectivity index (χ1v) is 8.63. The number of imidazole rings is 1. The van der Waals surface area contributed by atoms with Crippen molar-refractivity contribution in [1.82, 2.24) is 19.5 Å². The molecule has 0 bridgehead atoms. The highest BCUT2D eigenvalue weighted by Gasteiger charge is 2.52. The molecule has 1 unspecified atom stereocenters. The average Bonchev–Trinajstić information content (AvgIpc) is 3.08. The number of hydrogen-bond acceptors (Lipinski definition) is 11. The van der Waals surface area contributed by atoms with Gasteiger partial charge in [-0.2, -0.15) is 4.98 Å². The Hall–Kier alpha value is -2.62. The predicted octanol–water partition coefficient (Wildman–Crippen LogP) is -1.87. The molecule has 2 aliphatic rings. The highest BCUT2D eigenvalue weighted by Crippen LogP contribution is 2.52. The Morgan fingerprint density at radius 2 is 2.19 bits per heavy atom. The SMILES string of the molecule is Nc1nc2c(ncn2[C@@H]2O[C@@H]3COP(=O)(O)O[C@H]3[C@H]2O)c(=O)[nH]1.O=[N+]([O-])O. The second-order valence-corrected chi connectivity index (χ2v) is 6.81. The summed E-state index contributed by atoms with van der Waals surface area (Å²) in [5.74, 6) is -0.117. The van der Waals surface area contributed by atoms with Crippen LogP contribution in [0.3, 0.4) is 0 Å². The minimum Gasteiger partial charge on any atom is -0.386 e. The number of phosphoric ester groups is 1. The number of nitrogens with zero attached hydrogens (tertiary/aromatic N) is 4. The maximum absolute atomic E-state index is 11.8. The molecule has 5 atom stereocenters. The van der Waals surface area contributed by atoms with Gasteiger partial charge in [-0.3, -0.25) is 23.4 Å². The van der Waals surface area contributed by atoms with Crippen molar-refractivity contribution in [2.75, 3.05) is 12.3 Å². The van der Waals surface area contributed by atoms with Crippen molar-refractivity contribution < 1.29 is 38.6 Å². The van der Waals surface area contributed by atoms with Gasteiger partial charge in [0.15, 0.2) is 17.4 Å². The summed E-state index contributed by atoms with van der Waals surface area (Å²) in [4.78, 5) is 39.7. The van der Waals surface area contributed by atoms with E-state index in [0.29, 0.717) is 0 Å². The van der Waals surface area contributed by atoms with Gasteiger partial charge in [-0.1, -0.05) is 0 Å². The lowest BCUT2D eigenvalue weighted by molar-refractivity contribution is -0.742. The zero-order valence-corrected chi connectivity index (χ0v) is 14.0. The van der Waals surface area contributed by atoms with Gasteiger partial charge in [-0.15, -0.1) is 10.1 Å². The van der Waals surface area contributed by atoms with Crippen LogP contribution >= 0.6 is 7.82 Å². The molecule has 148 valence electrons. The Kier molecular flexibility index (Phi) is 4.85. The maximum atomic E-state index is 11.8. The fraction of sp³-hybridized carbons (Fsp3) is 0.500. The first kappa shape index (κ1) is 19.2. The van der Waals surface area contributed by atoms with Crippen LogP contribution in [0.2, 0.25) is 0 Å². The number of phosphoric acid groups is 1. The monoisotopic (exact) mass is 408 g/mol. The van der Waals surface area contributed by atoms with Gasteiger partial charge in [0, 0.05) is 0 Å². The summed E-state index contributed by atoms with van der Waals surface area (Å²) in [6, 6.07) is 0. The van der Waals surface area contributed by atoms with E-state index in [4.69, 9.17) is 30.3 Å². The number of aromatic amines is 1. The number of nitrogen functional groups attached to an aromatic ring is 1. The van der Waals surface area contributed by atoms with Crippen LogP contribution in [0.1, 0.15) is 6.23 Å². The van der Waals surface area contributed by atoms with Gasteiger partial charge in [0.25, 0.3) is 10.6 Å². The van der Waals surface area contributed by atoms with Gasteiger partial charge in [0.05, 0.1) is 12.9 Å². The minimum absolute atomic E-state index is 0.0230. The third kappa shape index (κ3) is 3.75. The molecular formula is C10H13N6O10P. The van der Waals surface area contributed by atoms with Crippen LogP contribution < -0.4 is 11.3 Å². The Bertz CT molecular complexity index is 971. The number of ether oxygens (including phenoxy) is 1. The quantitative estimate of drug-likeness (QED) is 0.198. The van der Waals surface area contributed by atoms with Crippen LogP contribution in [0.5, 0.6) is 0 Å². The Labute approximate surface area is 147 Å². The summed E-state index contributed by atoms with van der Waals surface area (Å²) in [5, 5.41) is 24.0. The molecule has 27 heavy (non-hydrogen) atoms. The number of nitrogens with two attached hydrogens (primary N) is 1. The molecule has 0 radical (unpaired) electrons. The van der Waals surface area contributed by atoms with Crippen LogP contribution in [0, 0.1) is 10.1 Å². The second kappa shape index (κ2) is 6.84. The molecule has 2 aromatic rings. The first-order chi connectivity index (χ1) is 12.6. The lowest BCUT2D eigenvalue weighted by Crippen LogP contribution is -2.39. The molecule has 0 aliphatic carbocycles. The molecule has 4 rings (SSSR count). The number of aromatic nitrogens is 4. The zero-order valence-electron chi connectivity index (χ0n) is 13.1. The van der Waals surface area contributed by atoms with Crippen LogP contribution in [-0.4, -0.2) is 64.7 Å². The summed E-state index contributed by atoms with van der Waals surface area (Å²) >= 11 is 0. The fourth-order valence-electron chi connectivity index (χ4n) is 2.69. The van der Waals surface area contributed by atoms with E-state index in [-0.39, 0.29) is 23.7 Å². The predicted molar refractivity (Wildman–Crippen MR) is 81.9 cm³/mol. The molecular weight excluding hydrogens is 395 g/mol. The van der Waals surface area contributed by atoms with Crippen LogP contribution in [0.4, 0.5) is 5.95 Å². The summed E-state index contributed by atoms with van der Waals surface area (Å²) in [7, 11) is -4.22. The molecule has 16 nitrogen and oxygen atoms in total. The van der Waals surface area contributed by atoms with Crippen molar-refractivity contribution in [3.63, 3.8) is 0 Å². The molecule has 0 aromatic carbocycles. The van der Waals surface area contributed by atoms with Crippen molar-refractivity contribution in [3.05, 3.63) is 26.8 Å². The summed E-state index contributed by atoms with van der Waals surface area (Å²) in [6.07, 6.45) is -2.85. The molecule has 2 aliphatic heterocycles. The van der Waals surface area contributed by atoms with E-state index in [1.54, 1.807) is 0 Å². The Morgan fingerprint density at radius 1 is 1.52 bits per heavy atom. The molecule has 4 heterocycles. The van der Waals surface area contributed by atoms with Crippen LogP contribution in [-0.2, 0) is 18.3 Å². The smallest absolute Gasteiger partial charge is 0.386 e. The number of nitrogens with one attached hydrogen (secondary N) is 1. The van der Waals surface area contributed by atoms with E-state index in [9.17, 15) is 19.4 Å². The van der Waals surface area contributed by atoms with Crippen molar-refractivity contribution in [3.8, 4) is 0 Å². The average molecular weight is 408 g/mol. The molecule has 2 fully saturated rings. The van der Waals surface area contributed by atoms with Gasteiger partial charge < -0.3 is 25.7 Å². The standard InChI is InChI=1S/C10H12N5O7P.HNO3/c11-10-13-7-4(8(17)14-10)12-2-15(7)9-5(16)6-3(21-9)1-20-23(18,19)22-6;2-1(3)4/h2-3,5-6,9,16H,1H2,(H,18,19)(H3,11,13,14,17);(H,2,3,4)/t3-,5-,6-,9-;/m1./s1. The van der Waals surface area contributed by atoms with Gasteiger partial charge in [-0.05, 0) is 0 Å². The minimum atomic E-state index is -4.22. The van der Waals surface area contributed by atoms with E-state index in [1.807, 2.05) is 0 Å². The van der Waals surface area contributed by atoms with Crippen LogP contribution in [0.25, 0.3) is 11.2 Å². The molecule has 6 N–H and O–H groups in total. The topological polar surface area (TPSA) is 238 Å². The number of aliphatic hydroxyl groups is 1. The number of H-pyrrole nitrogens is 1. The molecule has 17 heteroatoms. The van der Waals surface area contributed by atoms with Crippen molar-refractivity contribution >= 4 is 24.9 Å². The molecule has 2 aromatic heterocycles. The summed E-state index contributed by atoms with van der Waals surface area (Å²) < 4.78 is 27.9. The second-order valence-electron chi connectivity index (χ2n) is 5.40. The van der Waals surface area contributed by atoms with E-state index in [1.165, 1.54) is 10.9 Å². The van der Waals surface area contributed by atoms with E-state index in [0.717, 1.165) is 0 Å². The third-order valence-electron chi connectivity index (χ3n) is 3.69. The molecule has 0 saturated carbocycles. The first-order valence-electron chi connectivity index (χ1n) is 7.14. The van der Waals surface area contributed by atoms with E-state index < -0.39 is 43.0 Å². The number of fused-ring (bicyclic) bond motifs is 2. The van der Waals surface area contributed by atoms with Gasteiger partial charge in [0.1, 0.15) is 18.3 Å². The number of hydrogen-bond donors (Lipinski definition) is 5. The third-order valence-corrected chi connectivity index (χ3v) is 4.68. The Morgan fingerprint density at radius 3 is 2.85 bits per heavy atom. The highest BCUT2D eigenvalue weighted by atomic mass is 31.2. The largest absolute Gasteiger partial charge is 0.472 e. The van der Waals surface area contributed by atoms with Gasteiger partial charge >= 0.3 is 7.82 Å². The van der Waals surface area contributed by atoms with Crippen molar-refractivity contribution in [1.29, 1.82) is 0 Å². The summed E-state index contributed by atoms with van der Waals surface area (Å²) in [5.41, 5.74) is 5.12. The molecule has 2 saturated heterocycles. The summed E-state index contributed by atoms with van der Waals surface area (Å²) in [6.45, 7) is -0.214. The lowest BCUT2D eigenvalue weighted by atomic mass is 10.1. The van der Waals surface area contributed by atoms with Gasteiger partial charge in [-0.25, -0.2) is 9.55 Å². The maximum Gasteiger partial charge on any atom is 0.472 e. The number of aliphatic hydroxyl groups excluding tert-OH is 1. The lowest BCUT2D eigenvalue weighted by Gasteiger charge is -2.27. The highest BCUT2D eigenvalue weighted by molar-refractivity contribution is 7.47. The number of anilines is 1. The van der Waals surface area contributed by atoms with Crippen LogP contribution in [0.15, 0.2) is 11.1 Å². The molecule has 0 amide bonds. The van der Waals surface area contributed by atoms with Crippen molar-refractivity contribution in [2.24, 2.45) is 0 Å². The fourth-order valence-corrected chi connectivity index (χ4v) is 3.66. The van der Waals surface area contributed by atoms with Crippen molar-refractivity contribution in [2.45, 2.75) is 24.5 Å². The van der Waals surface area contributed by atoms with Gasteiger partial charge in [0.2, 0.25) is 5.95 Å². The number of rotatable bonds is 1. The zero-order chi connectivity index (χ0) is 19.9. The molecule has 0 spiro atoms. The Balaban J connectivity index is 0.000000481. The normalized spacial score (nSPS) is 32.5.